The van der Waals surface area contributed by atoms with Crippen molar-refractivity contribution >= 4 is 5.78 Å². The zero-order chi connectivity index (χ0) is 15.0. The molecule has 0 aliphatic heterocycles. The monoisotopic (exact) mass is 278 g/mol. The van der Waals surface area contributed by atoms with E-state index in [-0.39, 0.29) is 0 Å². The molecule has 0 heterocycles. The van der Waals surface area contributed by atoms with E-state index in [2.05, 4.69) is 34.6 Å². The molecule has 0 bridgehead atoms. The van der Waals surface area contributed by atoms with Crippen LogP contribution in [-0.4, -0.2) is 5.78 Å². The zero-order valence-corrected chi connectivity index (χ0v) is 14.3. The van der Waals surface area contributed by atoms with Crippen LogP contribution in [0.2, 0.25) is 0 Å². The Morgan fingerprint density at radius 3 is 2.65 bits per heavy atom. The highest BCUT2D eigenvalue weighted by molar-refractivity contribution is 5.83. The Hall–Kier alpha value is -0.330. The van der Waals surface area contributed by atoms with E-state index in [1.807, 2.05) is 0 Å². The van der Waals surface area contributed by atoms with Gasteiger partial charge in [-0.15, -0.1) is 0 Å². The Kier molecular flexibility index (Phi) is 4.66. The number of hydrogen-bond acceptors (Lipinski definition) is 1. The number of rotatable bonds is 4. The quantitative estimate of drug-likeness (QED) is 0.652. The first-order chi connectivity index (χ1) is 9.24. The fourth-order valence-corrected chi connectivity index (χ4v) is 5.06. The van der Waals surface area contributed by atoms with Crippen LogP contribution in [0.1, 0.15) is 86.0 Å². The van der Waals surface area contributed by atoms with E-state index in [9.17, 15) is 4.79 Å². The van der Waals surface area contributed by atoms with E-state index in [1.54, 1.807) is 0 Å². The summed E-state index contributed by atoms with van der Waals surface area (Å²) in [5.74, 6) is 2.55. The highest BCUT2D eigenvalue weighted by Gasteiger charge is 2.52. The highest BCUT2D eigenvalue weighted by atomic mass is 16.1. The van der Waals surface area contributed by atoms with Crippen LogP contribution in [-0.2, 0) is 4.79 Å². The Labute approximate surface area is 125 Å². The molecule has 0 saturated heterocycles. The number of hydrogen-bond donors (Lipinski definition) is 0. The standard InChI is InChI=1S/C19H34O/c1-14(8-6-12-18(2,3)4)15-10-11-16-17(20)9-7-13-19(15,16)5/h14-16H,6-13H2,1-5H3/t14-,15?,16+,19-/m1/s1. The number of carbonyl (C=O) groups is 1. The van der Waals surface area contributed by atoms with Crippen molar-refractivity contribution in [3.05, 3.63) is 0 Å². The lowest BCUT2D eigenvalue weighted by Crippen LogP contribution is -2.39. The molecule has 1 nitrogen and oxygen atoms in total. The third-order valence-corrected chi connectivity index (χ3v) is 6.21. The van der Waals surface area contributed by atoms with Crippen LogP contribution in [0.25, 0.3) is 0 Å². The van der Waals surface area contributed by atoms with Gasteiger partial charge in [0.1, 0.15) is 5.78 Å². The van der Waals surface area contributed by atoms with Crippen LogP contribution in [0.5, 0.6) is 0 Å². The fourth-order valence-electron chi connectivity index (χ4n) is 5.06. The van der Waals surface area contributed by atoms with Crippen molar-refractivity contribution in [2.24, 2.45) is 28.6 Å². The number of fused-ring (bicyclic) bond motifs is 1. The summed E-state index contributed by atoms with van der Waals surface area (Å²) in [6.45, 7) is 11.9. The van der Waals surface area contributed by atoms with Crippen molar-refractivity contribution < 1.29 is 4.79 Å². The molecule has 2 saturated carbocycles. The first-order valence-electron chi connectivity index (χ1n) is 8.77. The molecule has 0 aromatic rings. The van der Waals surface area contributed by atoms with Gasteiger partial charge >= 0.3 is 0 Å². The second-order valence-corrected chi connectivity index (χ2v) is 8.99. The first-order valence-corrected chi connectivity index (χ1v) is 8.77. The van der Waals surface area contributed by atoms with Gasteiger partial charge in [-0.05, 0) is 54.8 Å². The van der Waals surface area contributed by atoms with Gasteiger partial charge < -0.3 is 0 Å². The SMILES string of the molecule is C[C@H](CCCC(C)(C)C)C1CC[C@H]2C(=O)CCC[C@]12C. The third-order valence-electron chi connectivity index (χ3n) is 6.21. The van der Waals surface area contributed by atoms with E-state index in [4.69, 9.17) is 0 Å². The molecular formula is C19H34O. The Morgan fingerprint density at radius 2 is 2.00 bits per heavy atom. The molecule has 20 heavy (non-hydrogen) atoms. The van der Waals surface area contributed by atoms with Gasteiger partial charge in [-0.1, -0.05) is 47.5 Å². The maximum Gasteiger partial charge on any atom is 0.136 e. The van der Waals surface area contributed by atoms with Crippen LogP contribution >= 0.6 is 0 Å². The number of ketones is 1. The summed E-state index contributed by atoms with van der Waals surface area (Å²) in [6.07, 6.45) is 9.75. The van der Waals surface area contributed by atoms with E-state index in [1.165, 1.54) is 38.5 Å². The van der Waals surface area contributed by atoms with Crippen LogP contribution in [0, 0.1) is 28.6 Å². The van der Waals surface area contributed by atoms with Crippen molar-refractivity contribution in [3.8, 4) is 0 Å². The Balaban J connectivity index is 1.93. The van der Waals surface area contributed by atoms with E-state index in [0.717, 1.165) is 24.7 Å². The summed E-state index contributed by atoms with van der Waals surface area (Å²) in [7, 11) is 0. The van der Waals surface area contributed by atoms with Gasteiger partial charge in [0.2, 0.25) is 0 Å². The molecule has 2 aliphatic carbocycles. The molecule has 0 amide bonds. The largest absolute Gasteiger partial charge is 0.299 e. The van der Waals surface area contributed by atoms with Crippen LogP contribution in [0.4, 0.5) is 0 Å². The van der Waals surface area contributed by atoms with Crippen LogP contribution < -0.4 is 0 Å². The molecule has 0 aromatic heterocycles. The average molecular weight is 278 g/mol. The zero-order valence-electron chi connectivity index (χ0n) is 14.3. The van der Waals surface area contributed by atoms with E-state index >= 15 is 0 Å². The molecule has 4 atom stereocenters. The predicted octanol–water partition coefficient (Wildman–Crippen LogP) is 5.62. The van der Waals surface area contributed by atoms with Gasteiger partial charge in [0.15, 0.2) is 0 Å². The topological polar surface area (TPSA) is 17.1 Å². The second kappa shape index (κ2) is 5.81. The molecule has 2 fully saturated rings. The molecule has 2 aliphatic rings. The van der Waals surface area contributed by atoms with Crippen molar-refractivity contribution in [2.75, 3.05) is 0 Å². The van der Waals surface area contributed by atoms with Crippen LogP contribution in [0.15, 0.2) is 0 Å². The molecule has 116 valence electrons. The highest BCUT2D eigenvalue weighted by Crippen LogP contribution is 2.57. The summed E-state index contributed by atoms with van der Waals surface area (Å²) < 4.78 is 0. The van der Waals surface area contributed by atoms with E-state index in [0.29, 0.717) is 22.5 Å². The van der Waals surface area contributed by atoms with Crippen molar-refractivity contribution in [2.45, 2.75) is 86.0 Å². The van der Waals surface area contributed by atoms with Crippen molar-refractivity contribution in [3.63, 3.8) is 0 Å². The van der Waals surface area contributed by atoms with Crippen molar-refractivity contribution in [1.29, 1.82) is 0 Å². The molecule has 0 aromatic carbocycles. The lowest BCUT2D eigenvalue weighted by atomic mass is 9.62. The normalized spacial score (nSPS) is 36.0. The molecule has 0 spiro atoms. The predicted molar refractivity (Wildman–Crippen MR) is 85.6 cm³/mol. The Morgan fingerprint density at radius 1 is 1.30 bits per heavy atom. The van der Waals surface area contributed by atoms with Gasteiger partial charge in [-0.3, -0.25) is 4.79 Å². The maximum atomic E-state index is 12.2. The number of Topliss-reactive ketones (excluding diaryl/α,β-unsaturated/α-hetero) is 1. The van der Waals surface area contributed by atoms with Gasteiger partial charge in [0.25, 0.3) is 0 Å². The lowest BCUT2D eigenvalue weighted by molar-refractivity contribution is -0.130. The fraction of sp³-hybridized carbons (Fsp3) is 0.947. The van der Waals surface area contributed by atoms with E-state index < -0.39 is 0 Å². The summed E-state index contributed by atoms with van der Waals surface area (Å²) >= 11 is 0. The molecule has 2 rings (SSSR count). The molecule has 0 radical (unpaired) electrons. The summed E-state index contributed by atoms with van der Waals surface area (Å²) in [6, 6.07) is 0. The maximum absolute atomic E-state index is 12.2. The Bertz CT molecular complexity index is 351. The first kappa shape index (κ1) is 16.0. The van der Waals surface area contributed by atoms with Gasteiger partial charge in [-0.2, -0.15) is 0 Å². The van der Waals surface area contributed by atoms with Crippen LogP contribution in [0.3, 0.4) is 0 Å². The van der Waals surface area contributed by atoms with Gasteiger partial charge in [0, 0.05) is 12.3 Å². The minimum atomic E-state index is 0.330. The minimum Gasteiger partial charge on any atom is -0.299 e. The molecule has 0 N–H and O–H groups in total. The lowest BCUT2D eigenvalue weighted by Gasteiger charge is -2.42. The average Bonchev–Trinajstić information content (AvgIpc) is 2.66. The summed E-state index contributed by atoms with van der Waals surface area (Å²) in [5.41, 5.74) is 0.791. The smallest absolute Gasteiger partial charge is 0.136 e. The summed E-state index contributed by atoms with van der Waals surface area (Å²) in [4.78, 5) is 12.2. The minimum absolute atomic E-state index is 0.330. The molecular weight excluding hydrogens is 244 g/mol. The van der Waals surface area contributed by atoms with Crippen molar-refractivity contribution in [1.82, 2.24) is 0 Å². The molecule has 1 unspecified atom stereocenters. The van der Waals surface area contributed by atoms with Gasteiger partial charge in [0.05, 0.1) is 0 Å². The van der Waals surface area contributed by atoms with Gasteiger partial charge in [-0.25, -0.2) is 0 Å². The molecule has 1 heteroatoms. The summed E-state index contributed by atoms with van der Waals surface area (Å²) in [5, 5.41) is 0. The number of carbonyl (C=O) groups excluding carboxylic acids is 1. The second-order valence-electron chi connectivity index (χ2n) is 8.99. The third kappa shape index (κ3) is 3.28.